The van der Waals surface area contributed by atoms with E-state index in [4.69, 9.17) is 5.73 Å². The van der Waals surface area contributed by atoms with Gasteiger partial charge in [0, 0.05) is 4.88 Å². The minimum atomic E-state index is -4.19. The Morgan fingerprint density at radius 2 is 2.14 bits per heavy atom. The van der Waals surface area contributed by atoms with Crippen LogP contribution in [0.3, 0.4) is 0 Å². The maximum Gasteiger partial charge on any atom is 0.396 e. The summed E-state index contributed by atoms with van der Waals surface area (Å²) in [5, 5.41) is 1.68. The Morgan fingerprint density at radius 1 is 1.50 bits per heavy atom. The van der Waals surface area contributed by atoms with Crippen molar-refractivity contribution < 1.29 is 13.2 Å². The van der Waals surface area contributed by atoms with Crippen molar-refractivity contribution in [3.63, 3.8) is 0 Å². The first-order valence-corrected chi connectivity index (χ1v) is 5.15. The summed E-state index contributed by atoms with van der Waals surface area (Å²) in [6.45, 7) is 1.75. The fourth-order valence-electron chi connectivity index (χ4n) is 1.35. The highest BCUT2D eigenvalue weighted by atomic mass is 32.1. The Labute approximate surface area is 84.7 Å². The maximum atomic E-state index is 12.6. The van der Waals surface area contributed by atoms with Crippen molar-refractivity contribution in [1.29, 1.82) is 0 Å². The van der Waals surface area contributed by atoms with Crippen LogP contribution in [0.25, 0.3) is 0 Å². The molecule has 0 saturated carbocycles. The molecule has 2 N–H and O–H groups in total. The van der Waals surface area contributed by atoms with Crippen molar-refractivity contribution in [1.82, 2.24) is 0 Å². The Hall–Kier alpha value is -0.550. The molecule has 1 atom stereocenters. The van der Waals surface area contributed by atoms with Crippen LogP contribution >= 0.6 is 11.3 Å². The van der Waals surface area contributed by atoms with Gasteiger partial charge in [-0.1, -0.05) is 0 Å². The fourth-order valence-corrected chi connectivity index (χ4v) is 2.44. The van der Waals surface area contributed by atoms with Crippen molar-refractivity contribution >= 4 is 11.3 Å². The summed E-state index contributed by atoms with van der Waals surface area (Å²) in [4.78, 5) is 0.392. The van der Waals surface area contributed by atoms with Gasteiger partial charge in [-0.25, -0.2) is 0 Å². The lowest BCUT2D eigenvalue weighted by Gasteiger charge is -2.19. The summed E-state index contributed by atoms with van der Waals surface area (Å²) in [7, 11) is 0. The van der Waals surface area contributed by atoms with Crippen LogP contribution in [-0.4, -0.2) is 12.7 Å². The average molecular weight is 223 g/mol. The van der Waals surface area contributed by atoms with Gasteiger partial charge < -0.3 is 5.73 Å². The van der Waals surface area contributed by atoms with Crippen LogP contribution in [-0.2, 0) is 0 Å². The van der Waals surface area contributed by atoms with Crippen molar-refractivity contribution in [3.8, 4) is 0 Å². The molecule has 0 aliphatic carbocycles. The molecule has 1 unspecified atom stereocenters. The van der Waals surface area contributed by atoms with Crippen LogP contribution in [0.2, 0.25) is 0 Å². The van der Waals surface area contributed by atoms with Gasteiger partial charge in [-0.05, 0) is 36.9 Å². The molecule has 1 heterocycles. The zero-order chi connectivity index (χ0) is 10.8. The number of halogens is 3. The molecular formula is C9H12F3NS. The van der Waals surface area contributed by atoms with Crippen LogP contribution in [0.4, 0.5) is 13.2 Å². The Bertz CT molecular complexity index is 292. The first-order chi connectivity index (χ1) is 6.46. The predicted molar refractivity (Wildman–Crippen MR) is 51.5 cm³/mol. The number of aryl methyl sites for hydroxylation is 1. The highest BCUT2D eigenvalue weighted by Gasteiger charge is 2.41. The minimum absolute atomic E-state index is 0.0369. The summed E-state index contributed by atoms with van der Waals surface area (Å²) in [6.07, 6.45) is -4.22. The van der Waals surface area contributed by atoms with Gasteiger partial charge >= 0.3 is 6.18 Å². The number of hydrogen-bond donors (Lipinski definition) is 1. The van der Waals surface area contributed by atoms with Crippen molar-refractivity contribution in [3.05, 3.63) is 21.9 Å². The van der Waals surface area contributed by atoms with E-state index >= 15 is 0 Å². The van der Waals surface area contributed by atoms with E-state index in [9.17, 15) is 13.2 Å². The number of nitrogens with two attached hydrogens (primary N) is 1. The normalized spacial score (nSPS) is 14.4. The van der Waals surface area contributed by atoms with Crippen LogP contribution in [0.1, 0.15) is 22.8 Å². The first kappa shape index (κ1) is 11.5. The van der Waals surface area contributed by atoms with Crippen LogP contribution in [0.5, 0.6) is 0 Å². The molecule has 0 aliphatic rings. The molecule has 0 aromatic carbocycles. The van der Waals surface area contributed by atoms with Crippen LogP contribution in [0.15, 0.2) is 11.4 Å². The molecule has 0 fully saturated rings. The summed E-state index contributed by atoms with van der Waals surface area (Å²) in [5.74, 6) is -1.40. The van der Waals surface area contributed by atoms with Gasteiger partial charge in [-0.2, -0.15) is 13.2 Å². The molecule has 0 aliphatic heterocycles. The standard InChI is InChI=1S/C9H12F3NS/c1-6-3-5-14-8(6)7(2-4-13)9(10,11)12/h3,5,7H,2,4,13H2,1H3. The Balaban J connectivity index is 2.95. The van der Waals surface area contributed by atoms with E-state index < -0.39 is 12.1 Å². The summed E-state index contributed by atoms with van der Waals surface area (Å²) in [6, 6.07) is 1.70. The highest BCUT2D eigenvalue weighted by Crippen LogP contribution is 2.40. The third-order valence-electron chi connectivity index (χ3n) is 2.07. The number of alkyl halides is 3. The van der Waals surface area contributed by atoms with Gasteiger partial charge in [0.1, 0.15) is 0 Å². The molecular weight excluding hydrogens is 211 g/mol. The molecule has 1 nitrogen and oxygen atoms in total. The van der Waals surface area contributed by atoms with Crippen LogP contribution in [0, 0.1) is 6.92 Å². The summed E-state index contributed by atoms with van der Waals surface area (Å²) in [5.41, 5.74) is 5.89. The van der Waals surface area contributed by atoms with Gasteiger partial charge in [0.2, 0.25) is 0 Å². The smallest absolute Gasteiger partial charge is 0.330 e. The lowest BCUT2D eigenvalue weighted by molar-refractivity contribution is -0.150. The highest BCUT2D eigenvalue weighted by molar-refractivity contribution is 7.10. The van der Waals surface area contributed by atoms with E-state index in [1.807, 2.05) is 0 Å². The predicted octanol–water partition coefficient (Wildman–Crippen LogP) is 3.05. The summed E-state index contributed by atoms with van der Waals surface area (Å²) >= 11 is 1.15. The fraction of sp³-hybridized carbons (Fsp3) is 0.556. The number of rotatable bonds is 3. The minimum Gasteiger partial charge on any atom is -0.330 e. The lowest BCUT2D eigenvalue weighted by Crippen LogP contribution is -2.23. The molecule has 80 valence electrons. The van der Waals surface area contributed by atoms with Gasteiger partial charge in [0.15, 0.2) is 0 Å². The van der Waals surface area contributed by atoms with Gasteiger partial charge in [-0.3, -0.25) is 0 Å². The van der Waals surface area contributed by atoms with Gasteiger partial charge in [0.05, 0.1) is 5.92 Å². The number of hydrogen-bond acceptors (Lipinski definition) is 2. The molecule has 14 heavy (non-hydrogen) atoms. The molecule has 5 heteroatoms. The molecule has 1 aromatic heterocycles. The molecule has 0 bridgehead atoms. The Morgan fingerprint density at radius 3 is 2.50 bits per heavy atom. The third-order valence-corrected chi connectivity index (χ3v) is 3.20. The topological polar surface area (TPSA) is 26.0 Å². The zero-order valence-corrected chi connectivity index (χ0v) is 8.58. The van der Waals surface area contributed by atoms with E-state index in [0.29, 0.717) is 10.4 Å². The van der Waals surface area contributed by atoms with E-state index in [2.05, 4.69) is 0 Å². The second kappa shape index (κ2) is 4.31. The molecule has 1 rings (SSSR count). The molecule has 1 aromatic rings. The second-order valence-electron chi connectivity index (χ2n) is 3.14. The third kappa shape index (κ3) is 2.48. The Kier molecular flexibility index (Phi) is 3.55. The van der Waals surface area contributed by atoms with Crippen molar-refractivity contribution in [2.45, 2.75) is 25.4 Å². The monoisotopic (exact) mass is 223 g/mol. The van der Waals surface area contributed by atoms with E-state index in [-0.39, 0.29) is 13.0 Å². The van der Waals surface area contributed by atoms with E-state index in [0.717, 1.165) is 11.3 Å². The van der Waals surface area contributed by atoms with Gasteiger partial charge in [0.25, 0.3) is 0 Å². The molecule has 0 radical (unpaired) electrons. The largest absolute Gasteiger partial charge is 0.396 e. The number of thiophene rings is 1. The zero-order valence-electron chi connectivity index (χ0n) is 7.77. The lowest BCUT2D eigenvalue weighted by atomic mass is 10.0. The molecule has 0 spiro atoms. The van der Waals surface area contributed by atoms with Crippen molar-refractivity contribution in [2.75, 3.05) is 6.54 Å². The summed E-state index contributed by atoms with van der Waals surface area (Å²) < 4.78 is 37.8. The van der Waals surface area contributed by atoms with Crippen molar-refractivity contribution in [2.24, 2.45) is 5.73 Å². The van der Waals surface area contributed by atoms with Crippen LogP contribution < -0.4 is 5.73 Å². The quantitative estimate of drug-likeness (QED) is 0.837. The average Bonchev–Trinajstić information content (AvgIpc) is 2.45. The SMILES string of the molecule is Cc1ccsc1C(CCN)C(F)(F)F. The van der Waals surface area contributed by atoms with E-state index in [1.165, 1.54) is 0 Å². The molecule has 0 saturated heterocycles. The van der Waals surface area contributed by atoms with Gasteiger partial charge in [-0.15, -0.1) is 11.3 Å². The second-order valence-corrected chi connectivity index (χ2v) is 4.09. The van der Waals surface area contributed by atoms with E-state index in [1.54, 1.807) is 18.4 Å². The molecule has 0 amide bonds. The first-order valence-electron chi connectivity index (χ1n) is 4.27. The maximum absolute atomic E-state index is 12.6.